The third kappa shape index (κ3) is 4.88. The Morgan fingerprint density at radius 1 is 1.03 bits per heavy atom. The van der Waals surface area contributed by atoms with Crippen molar-refractivity contribution < 1.29 is 22.4 Å². The number of pyridine rings is 2. The summed E-state index contributed by atoms with van der Waals surface area (Å²) in [5.74, 6) is -1.11. The summed E-state index contributed by atoms with van der Waals surface area (Å²) in [5.41, 5.74) is -0.256. The molecule has 1 N–H and O–H groups in total. The van der Waals surface area contributed by atoms with Gasteiger partial charge in [0.05, 0.1) is 22.5 Å². The maximum Gasteiger partial charge on any atom is 0.417 e. The van der Waals surface area contributed by atoms with Gasteiger partial charge in [0.15, 0.2) is 0 Å². The van der Waals surface area contributed by atoms with Gasteiger partial charge in [0.1, 0.15) is 17.3 Å². The zero-order valence-electron chi connectivity index (χ0n) is 18.5. The van der Waals surface area contributed by atoms with E-state index in [9.17, 15) is 22.4 Å². The zero-order valence-corrected chi connectivity index (χ0v) is 18.5. The summed E-state index contributed by atoms with van der Waals surface area (Å²) < 4.78 is 55.5. The molecule has 180 valence electrons. The Hall–Kier alpha value is -3.79. The molecule has 35 heavy (non-hydrogen) atoms. The predicted molar refractivity (Wildman–Crippen MR) is 122 cm³/mol. The summed E-state index contributed by atoms with van der Waals surface area (Å²) in [7, 11) is 0. The molecule has 3 aromatic heterocycles. The minimum atomic E-state index is -4.76. The number of aromatic nitrogens is 3. The van der Waals surface area contributed by atoms with E-state index >= 15 is 0 Å². The Labute approximate surface area is 198 Å². The number of carbonyl (C=O) groups excluding carboxylic acids is 1. The van der Waals surface area contributed by atoms with Crippen molar-refractivity contribution in [1.82, 2.24) is 19.3 Å². The van der Waals surface area contributed by atoms with Crippen molar-refractivity contribution in [1.29, 1.82) is 0 Å². The minimum absolute atomic E-state index is 0.0247. The van der Waals surface area contributed by atoms with Gasteiger partial charge in [-0.05, 0) is 68.4 Å². The van der Waals surface area contributed by atoms with Gasteiger partial charge in [-0.1, -0.05) is 6.07 Å². The van der Waals surface area contributed by atoms with Crippen LogP contribution in [-0.4, -0.2) is 38.3 Å². The summed E-state index contributed by atoms with van der Waals surface area (Å²) in [6, 6.07) is 10.9. The molecule has 4 aromatic rings. The Bertz CT molecular complexity index is 1390. The largest absolute Gasteiger partial charge is 0.417 e. The number of imidazole rings is 1. The first-order valence-electron chi connectivity index (χ1n) is 11.1. The fourth-order valence-corrected chi connectivity index (χ4v) is 4.29. The maximum absolute atomic E-state index is 13.5. The van der Waals surface area contributed by atoms with Crippen LogP contribution in [0.1, 0.15) is 34.5 Å². The fourth-order valence-electron chi connectivity index (χ4n) is 4.29. The summed E-state index contributed by atoms with van der Waals surface area (Å²) in [6.07, 6.45) is 0.515. The molecular formula is C25H21F4N5O. The van der Waals surface area contributed by atoms with Crippen molar-refractivity contribution in [2.45, 2.75) is 25.6 Å². The lowest BCUT2D eigenvalue weighted by atomic mass is 10.0. The highest BCUT2D eigenvalue weighted by Crippen LogP contribution is 2.37. The molecule has 1 aromatic carbocycles. The molecular weight excluding hydrogens is 462 g/mol. The van der Waals surface area contributed by atoms with Gasteiger partial charge in [-0.25, -0.2) is 14.4 Å². The first-order chi connectivity index (χ1) is 16.8. The monoisotopic (exact) mass is 483 g/mol. The smallest absolute Gasteiger partial charge is 0.306 e. The minimum Gasteiger partial charge on any atom is -0.306 e. The number of amides is 1. The quantitative estimate of drug-likeness (QED) is 0.386. The summed E-state index contributed by atoms with van der Waals surface area (Å²) in [4.78, 5) is 24.2. The molecule has 6 nitrogen and oxygen atoms in total. The zero-order chi connectivity index (χ0) is 24.6. The number of alkyl halides is 3. The number of fused-ring (bicyclic) bond motifs is 1. The molecule has 1 aliphatic rings. The number of nitrogens with zero attached hydrogens (tertiary/aromatic N) is 4. The van der Waals surface area contributed by atoms with Crippen LogP contribution in [0.15, 0.2) is 60.9 Å². The Morgan fingerprint density at radius 2 is 1.83 bits per heavy atom. The Balaban J connectivity index is 1.44. The van der Waals surface area contributed by atoms with Crippen LogP contribution in [0.2, 0.25) is 0 Å². The van der Waals surface area contributed by atoms with Crippen LogP contribution in [0.3, 0.4) is 0 Å². The van der Waals surface area contributed by atoms with Crippen molar-refractivity contribution in [3.05, 3.63) is 83.6 Å². The van der Waals surface area contributed by atoms with E-state index in [-0.39, 0.29) is 22.5 Å². The molecule has 1 fully saturated rings. The summed E-state index contributed by atoms with van der Waals surface area (Å²) in [6.45, 7) is 2.74. The number of benzene rings is 1. The molecule has 5 rings (SSSR count). The van der Waals surface area contributed by atoms with E-state index < -0.39 is 23.5 Å². The standard InChI is InChI=1S/C25H21F4N5O/c26-16-8-9-18(20(13-16)25(27,28)29)21-15-34-12-4-6-19(23(34)31-21)24(35)32-22-7-3-5-17(30-22)14-33-10-1-2-11-33/h3-9,12-13,15H,1-2,10-11,14H2,(H,30,32,35). The van der Waals surface area contributed by atoms with Crippen molar-refractivity contribution >= 4 is 17.4 Å². The van der Waals surface area contributed by atoms with Crippen LogP contribution in [-0.2, 0) is 12.7 Å². The van der Waals surface area contributed by atoms with E-state index in [0.717, 1.165) is 43.8 Å². The molecule has 1 amide bonds. The van der Waals surface area contributed by atoms with Crippen molar-refractivity contribution in [2.24, 2.45) is 0 Å². The Morgan fingerprint density at radius 3 is 2.60 bits per heavy atom. The normalized spacial score (nSPS) is 14.5. The van der Waals surface area contributed by atoms with Gasteiger partial charge in [0.2, 0.25) is 0 Å². The van der Waals surface area contributed by atoms with Crippen molar-refractivity contribution in [2.75, 3.05) is 18.4 Å². The molecule has 0 radical (unpaired) electrons. The van der Waals surface area contributed by atoms with Crippen LogP contribution in [0.25, 0.3) is 16.9 Å². The average molecular weight is 483 g/mol. The third-order valence-corrected chi connectivity index (χ3v) is 5.92. The molecule has 1 saturated heterocycles. The predicted octanol–water partition coefficient (Wildman–Crippen LogP) is 5.40. The lowest BCUT2D eigenvalue weighted by Crippen LogP contribution is -2.20. The molecule has 0 spiro atoms. The van der Waals surface area contributed by atoms with E-state index in [1.54, 1.807) is 18.3 Å². The van der Waals surface area contributed by atoms with Gasteiger partial charge in [-0.3, -0.25) is 9.69 Å². The van der Waals surface area contributed by atoms with Gasteiger partial charge in [0, 0.05) is 24.5 Å². The highest BCUT2D eigenvalue weighted by molar-refractivity contribution is 6.08. The highest BCUT2D eigenvalue weighted by atomic mass is 19.4. The third-order valence-electron chi connectivity index (χ3n) is 5.92. The number of nitrogens with one attached hydrogen (secondary N) is 1. The van der Waals surface area contributed by atoms with Gasteiger partial charge in [-0.2, -0.15) is 13.2 Å². The SMILES string of the molecule is O=C(Nc1cccc(CN2CCCC2)n1)c1cccn2cc(-c3ccc(F)cc3C(F)(F)F)nc12. The fraction of sp³-hybridized carbons (Fsp3) is 0.240. The topological polar surface area (TPSA) is 62.5 Å². The Kier molecular flexibility index (Phi) is 5.98. The number of likely N-dealkylation sites (tertiary alicyclic amines) is 1. The number of carbonyl (C=O) groups is 1. The van der Waals surface area contributed by atoms with Crippen molar-refractivity contribution in [3.63, 3.8) is 0 Å². The molecule has 10 heteroatoms. The number of rotatable bonds is 5. The second-order valence-corrected chi connectivity index (χ2v) is 8.42. The summed E-state index contributed by atoms with van der Waals surface area (Å²) >= 11 is 0. The second kappa shape index (κ2) is 9.10. The highest BCUT2D eigenvalue weighted by Gasteiger charge is 2.35. The van der Waals surface area contributed by atoms with Gasteiger partial charge >= 0.3 is 6.18 Å². The van der Waals surface area contributed by atoms with Crippen LogP contribution < -0.4 is 5.32 Å². The first-order valence-corrected chi connectivity index (χ1v) is 11.1. The lowest BCUT2D eigenvalue weighted by molar-refractivity contribution is -0.137. The van der Waals surface area contributed by atoms with Gasteiger partial charge < -0.3 is 9.72 Å². The van der Waals surface area contributed by atoms with Crippen LogP contribution in [0.5, 0.6) is 0 Å². The average Bonchev–Trinajstić information content (AvgIpc) is 3.48. The number of anilines is 1. The molecule has 1 aliphatic heterocycles. The summed E-state index contributed by atoms with van der Waals surface area (Å²) in [5, 5.41) is 2.76. The molecule has 0 unspecified atom stereocenters. The number of halogens is 4. The van der Waals surface area contributed by atoms with Crippen molar-refractivity contribution in [3.8, 4) is 11.3 Å². The van der Waals surface area contributed by atoms with E-state index in [0.29, 0.717) is 18.4 Å². The lowest BCUT2D eigenvalue weighted by Gasteiger charge is -2.14. The maximum atomic E-state index is 13.5. The van der Waals surface area contributed by atoms with Crippen LogP contribution >= 0.6 is 0 Å². The van der Waals surface area contributed by atoms with Gasteiger partial charge in [-0.15, -0.1) is 0 Å². The first kappa shape index (κ1) is 23.0. The van der Waals surface area contributed by atoms with E-state index in [1.165, 1.54) is 16.7 Å². The molecule has 0 saturated carbocycles. The molecule has 0 atom stereocenters. The second-order valence-electron chi connectivity index (χ2n) is 8.42. The van der Waals surface area contributed by atoms with Crippen LogP contribution in [0.4, 0.5) is 23.4 Å². The van der Waals surface area contributed by atoms with Crippen LogP contribution in [0, 0.1) is 5.82 Å². The number of hydrogen-bond donors (Lipinski definition) is 1. The number of hydrogen-bond acceptors (Lipinski definition) is 4. The van der Waals surface area contributed by atoms with E-state index in [1.807, 2.05) is 12.1 Å². The van der Waals surface area contributed by atoms with E-state index in [4.69, 9.17) is 0 Å². The van der Waals surface area contributed by atoms with E-state index in [2.05, 4.69) is 20.2 Å². The molecule has 0 bridgehead atoms. The molecule has 0 aliphatic carbocycles. The van der Waals surface area contributed by atoms with Gasteiger partial charge in [0.25, 0.3) is 5.91 Å². The molecule has 4 heterocycles.